The van der Waals surface area contributed by atoms with Crippen molar-refractivity contribution in [3.63, 3.8) is 0 Å². The van der Waals surface area contributed by atoms with Gasteiger partial charge in [-0.3, -0.25) is 4.79 Å². The second kappa shape index (κ2) is 9.70. The molecule has 0 aliphatic rings. The van der Waals surface area contributed by atoms with Crippen LogP contribution in [-0.2, 0) is 11.8 Å². The van der Waals surface area contributed by atoms with E-state index in [0.29, 0.717) is 26.2 Å². The second-order valence-corrected chi connectivity index (χ2v) is 9.91. The van der Waals surface area contributed by atoms with E-state index in [9.17, 15) is 4.79 Å². The standard InChI is InChI=1S/C20H14BrCl2N5OS2/c1-28-18(12-4-7-14(22)15(23)8-12)26-27-20(28)31-10-17(29)25-19-24-16(9-30-19)11-2-5-13(21)6-3-11/h2-9H,10H2,1H3,(H,24,25,29). The Kier molecular flexibility index (Phi) is 6.98. The lowest BCUT2D eigenvalue weighted by molar-refractivity contribution is -0.113. The van der Waals surface area contributed by atoms with E-state index < -0.39 is 0 Å². The van der Waals surface area contributed by atoms with Crippen LogP contribution in [0.5, 0.6) is 0 Å². The zero-order valence-corrected chi connectivity index (χ0v) is 20.7. The summed E-state index contributed by atoms with van der Waals surface area (Å²) < 4.78 is 2.81. The van der Waals surface area contributed by atoms with Gasteiger partial charge in [0.2, 0.25) is 5.91 Å². The van der Waals surface area contributed by atoms with Crippen molar-refractivity contribution < 1.29 is 4.79 Å². The molecule has 4 rings (SSSR count). The first-order valence-corrected chi connectivity index (χ1v) is 12.3. The van der Waals surface area contributed by atoms with E-state index in [4.69, 9.17) is 23.2 Å². The maximum atomic E-state index is 12.4. The van der Waals surface area contributed by atoms with Crippen molar-refractivity contribution in [2.75, 3.05) is 11.1 Å². The lowest BCUT2D eigenvalue weighted by Gasteiger charge is -2.05. The number of halogens is 3. The zero-order chi connectivity index (χ0) is 22.0. The van der Waals surface area contributed by atoms with Crippen LogP contribution < -0.4 is 5.32 Å². The zero-order valence-electron chi connectivity index (χ0n) is 16.0. The maximum absolute atomic E-state index is 12.4. The number of aromatic nitrogens is 4. The second-order valence-electron chi connectivity index (χ2n) is 6.38. The number of thioether (sulfide) groups is 1. The fraction of sp³-hybridized carbons (Fsp3) is 0.100. The largest absolute Gasteiger partial charge is 0.305 e. The number of amides is 1. The van der Waals surface area contributed by atoms with Crippen molar-refractivity contribution >= 4 is 73.3 Å². The molecule has 4 aromatic rings. The first-order chi connectivity index (χ1) is 14.9. The number of hydrogen-bond acceptors (Lipinski definition) is 6. The highest BCUT2D eigenvalue weighted by atomic mass is 79.9. The van der Waals surface area contributed by atoms with Gasteiger partial charge in [-0.2, -0.15) is 0 Å². The van der Waals surface area contributed by atoms with Crippen LogP contribution >= 0.6 is 62.2 Å². The fourth-order valence-electron chi connectivity index (χ4n) is 2.70. The Morgan fingerprint density at radius 3 is 2.61 bits per heavy atom. The van der Waals surface area contributed by atoms with Gasteiger partial charge in [0.25, 0.3) is 0 Å². The summed E-state index contributed by atoms with van der Waals surface area (Å²) in [6.45, 7) is 0. The Morgan fingerprint density at radius 1 is 1.13 bits per heavy atom. The van der Waals surface area contributed by atoms with Crippen LogP contribution in [0.3, 0.4) is 0 Å². The highest BCUT2D eigenvalue weighted by molar-refractivity contribution is 9.10. The van der Waals surface area contributed by atoms with Gasteiger partial charge in [0.1, 0.15) is 0 Å². The normalized spacial score (nSPS) is 11.0. The molecule has 0 atom stereocenters. The van der Waals surface area contributed by atoms with Crippen LogP contribution in [0.1, 0.15) is 0 Å². The molecule has 1 N–H and O–H groups in total. The van der Waals surface area contributed by atoms with Gasteiger partial charge in [0.05, 0.1) is 21.5 Å². The lowest BCUT2D eigenvalue weighted by atomic mass is 10.2. The highest BCUT2D eigenvalue weighted by Crippen LogP contribution is 2.29. The quantitative estimate of drug-likeness (QED) is 0.279. The molecule has 0 unspecified atom stereocenters. The number of rotatable bonds is 6. The first-order valence-electron chi connectivity index (χ1n) is 8.89. The third-order valence-corrected chi connectivity index (χ3v) is 7.28. The van der Waals surface area contributed by atoms with Gasteiger partial charge in [0.15, 0.2) is 16.1 Å². The molecule has 0 bridgehead atoms. The van der Waals surface area contributed by atoms with Crippen molar-refractivity contribution in [3.05, 3.63) is 62.4 Å². The molecule has 6 nitrogen and oxygen atoms in total. The van der Waals surface area contributed by atoms with Gasteiger partial charge in [-0.1, -0.05) is 63.0 Å². The Hall–Kier alpha value is -1.91. The van der Waals surface area contributed by atoms with Crippen LogP contribution in [0.2, 0.25) is 10.0 Å². The average molecular weight is 555 g/mol. The van der Waals surface area contributed by atoms with Gasteiger partial charge in [-0.15, -0.1) is 21.5 Å². The minimum atomic E-state index is -0.166. The van der Waals surface area contributed by atoms with Crippen molar-refractivity contribution in [1.29, 1.82) is 0 Å². The van der Waals surface area contributed by atoms with E-state index in [1.807, 2.05) is 47.3 Å². The van der Waals surface area contributed by atoms with Crippen LogP contribution in [0.4, 0.5) is 5.13 Å². The molecule has 0 aliphatic carbocycles. The molecule has 2 aromatic heterocycles. The Morgan fingerprint density at radius 2 is 1.87 bits per heavy atom. The Balaban J connectivity index is 1.38. The predicted molar refractivity (Wildman–Crippen MR) is 131 cm³/mol. The molecule has 0 aliphatic heterocycles. The number of thiazole rings is 1. The molecule has 2 aromatic carbocycles. The molecule has 2 heterocycles. The van der Waals surface area contributed by atoms with E-state index in [0.717, 1.165) is 21.3 Å². The summed E-state index contributed by atoms with van der Waals surface area (Å²) in [5, 5.41) is 15.2. The van der Waals surface area contributed by atoms with Crippen LogP contribution in [0, 0.1) is 0 Å². The van der Waals surface area contributed by atoms with Crippen molar-refractivity contribution in [2.24, 2.45) is 7.05 Å². The summed E-state index contributed by atoms with van der Waals surface area (Å²) in [6, 6.07) is 13.1. The van der Waals surface area contributed by atoms with E-state index in [2.05, 4.69) is 36.4 Å². The SMILES string of the molecule is Cn1c(SCC(=O)Nc2nc(-c3ccc(Br)cc3)cs2)nnc1-c1ccc(Cl)c(Cl)c1. The van der Waals surface area contributed by atoms with Crippen LogP contribution in [0.15, 0.2) is 57.5 Å². The minimum absolute atomic E-state index is 0.166. The van der Waals surface area contributed by atoms with Gasteiger partial charge in [-0.05, 0) is 30.3 Å². The average Bonchev–Trinajstić information content (AvgIpc) is 3.36. The summed E-state index contributed by atoms with van der Waals surface area (Å²) in [5.74, 6) is 0.655. The summed E-state index contributed by atoms with van der Waals surface area (Å²) in [7, 11) is 1.84. The molecule has 0 radical (unpaired) electrons. The number of carbonyl (C=O) groups is 1. The number of carbonyl (C=O) groups excluding carboxylic acids is 1. The Bertz CT molecular complexity index is 1240. The molecule has 31 heavy (non-hydrogen) atoms. The predicted octanol–water partition coefficient (Wildman–Crippen LogP) is 6.41. The van der Waals surface area contributed by atoms with Crippen molar-refractivity contribution in [2.45, 2.75) is 5.16 Å². The molecular weight excluding hydrogens is 541 g/mol. The fourth-order valence-corrected chi connectivity index (χ4v) is 4.71. The Labute approximate surface area is 205 Å². The molecule has 1 amide bonds. The number of hydrogen-bond donors (Lipinski definition) is 1. The molecule has 0 spiro atoms. The summed E-state index contributed by atoms with van der Waals surface area (Å²) in [4.78, 5) is 16.9. The highest BCUT2D eigenvalue weighted by Gasteiger charge is 2.15. The monoisotopic (exact) mass is 553 g/mol. The van der Waals surface area contributed by atoms with E-state index >= 15 is 0 Å². The molecule has 0 fully saturated rings. The van der Waals surface area contributed by atoms with Crippen molar-refractivity contribution in [1.82, 2.24) is 19.7 Å². The van der Waals surface area contributed by atoms with E-state index in [1.165, 1.54) is 23.1 Å². The summed E-state index contributed by atoms with van der Waals surface area (Å²) in [6.07, 6.45) is 0. The molecule has 11 heteroatoms. The third-order valence-electron chi connectivity index (χ3n) is 4.24. The van der Waals surface area contributed by atoms with Gasteiger partial charge in [0, 0.05) is 28.0 Å². The smallest absolute Gasteiger partial charge is 0.236 e. The molecule has 0 saturated heterocycles. The summed E-state index contributed by atoms with van der Waals surface area (Å²) in [5.41, 5.74) is 2.60. The van der Waals surface area contributed by atoms with Gasteiger partial charge < -0.3 is 9.88 Å². The van der Waals surface area contributed by atoms with E-state index in [1.54, 1.807) is 12.1 Å². The number of nitrogens with zero attached hydrogens (tertiary/aromatic N) is 4. The van der Waals surface area contributed by atoms with Gasteiger partial charge in [-0.25, -0.2) is 4.98 Å². The number of benzene rings is 2. The number of nitrogens with one attached hydrogen (secondary N) is 1. The topological polar surface area (TPSA) is 72.7 Å². The van der Waals surface area contributed by atoms with Gasteiger partial charge >= 0.3 is 0 Å². The lowest BCUT2D eigenvalue weighted by Crippen LogP contribution is -2.14. The van der Waals surface area contributed by atoms with Crippen LogP contribution in [0.25, 0.3) is 22.6 Å². The maximum Gasteiger partial charge on any atom is 0.236 e. The third kappa shape index (κ3) is 5.30. The molecule has 158 valence electrons. The van der Waals surface area contributed by atoms with Crippen LogP contribution in [-0.4, -0.2) is 31.4 Å². The molecule has 0 saturated carbocycles. The van der Waals surface area contributed by atoms with Crippen molar-refractivity contribution in [3.8, 4) is 22.6 Å². The number of anilines is 1. The minimum Gasteiger partial charge on any atom is -0.305 e. The first kappa shape index (κ1) is 22.3. The summed E-state index contributed by atoms with van der Waals surface area (Å²) >= 11 is 18.2. The molecular formula is C20H14BrCl2N5OS2. The van der Waals surface area contributed by atoms with E-state index in [-0.39, 0.29) is 11.7 Å².